The fraction of sp³-hybridized carbons (Fsp3) is 0.0522. The number of nitrogens with one attached hydrogen (secondary N) is 2. The molecule has 602 valence electrons. The van der Waals surface area contributed by atoms with Crippen LogP contribution in [0.15, 0.2) is 424 Å². The predicted octanol–water partition coefficient (Wildman–Crippen LogP) is 28.0. The molecule has 0 aliphatic rings. The van der Waals surface area contributed by atoms with Crippen LogP contribution in [-0.2, 0) is 12.1 Å². The Morgan fingerprint density at radius 1 is 0.315 bits per heavy atom. The number of rotatable bonds is 18. The zero-order valence-corrected chi connectivity index (χ0v) is 69.6. The Bertz CT molecular complexity index is 8320. The fourth-order valence-corrected chi connectivity index (χ4v) is 20.3. The van der Waals surface area contributed by atoms with Gasteiger partial charge in [-0.15, -0.1) is 0 Å². The van der Waals surface area contributed by atoms with E-state index in [0.29, 0.717) is 49.2 Å². The van der Waals surface area contributed by atoms with Crippen LogP contribution >= 0.6 is 0 Å². The molecule has 0 amide bonds. The number of amidine groups is 2. The molecule has 0 radical (unpaired) electrons. The van der Waals surface area contributed by atoms with Gasteiger partial charge in [0.1, 0.15) is 5.84 Å². The summed E-state index contributed by atoms with van der Waals surface area (Å²) in [5.41, 5.74) is 23.0. The van der Waals surface area contributed by atoms with Crippen molar-refractivity contribution in [3.05, 3.63) is 430 Å². The lowest BCUT2D eigenvalue weighted by atomic mass is 9.93. The molecule has 12 heteroatoms. The molecule has 0 spiro atoms. The van der Waals surface area contributed by atoms with Crippen molar-refractivity contribution >= 4 is 148 Å². The van der Waals surface area contributed by atoms with Crippen molar-refractivity contribution in [3.8, 4) is 62.4 Å². The Hall–Kier alpha value is -16.6. The summed E-state index contributed by atoms with van der Waals surface area (Å²) >= 11 is 0. The highest BCUT2D eigenvalue weighted by molar-refractivity contribution is 6.17. The summed E-state index contributed by atoms with van der Waals surface area (Å²) in [5.74, 6) is 2.51. The van der Waals surface area contributed by atoms with Crippen molar-refractivity contribution in [2.75, 3.05) is 6.54 Å². The van der Waals surface area contributed by atoms with Gasteiger partial charge in [-0.1, -0.05) is 315 Å². The van der Waals surface area contributed by atoms with Gasteiger partial charge in [-0.25, -0.2) is 19.9 Å². The maximum atomic E-state index is 9.37. The van der Waals surface area contributed by atoms with E-state index in [1.165, 1.54) is 32.6 Å². The lowest BCUT2D eigenvalue weighted by Gasteiger charge is -2.33. The number of hydrogen-bond donors (Lipinski definition) is 2. The second-order valence-corrected chi connectivity index (χ2v) is 33.3. The van der Waals surface area contributed by atoms with Crippen LogP contribution in [0.5, 0.6) is 0 Å². The molecule has 1 unspecified atom stereocenters. The molecule has 0 saturated heterocycles. The standard InChI is InChI=1S/C115H82N12/c1-115(127-105-60-32-22-48-88(105)89-49-23-33-61-106(89)127,67-68-117-111(76-36-8-3-9-37-76)118-110(116)75-34-6-2-7-35-75)74-81(66-69-122-95-52-24-14-42-82(95)83-43-15-25-53-96(83)122)123-97-54-26-20-50-90(97)92-70-79(62-64-103(92)123)80-63-65-104-93(71-80)91-51-21-31-59-102(91)124(104)107-73-109(126-100-57-29-18-46-86(100)87-47-19-30-58-101(87)126)108(125-98-55-27-16-44-84(98)85-45-17-28-56-99(85)125)72-94(107)114-120-112(77-38-10-4-11-39-77)119-113(121-114)78-40-12-5-13-41-78/h2-65,70-74H,66-69H2,1H3,(H2,116,117,118)/b81-74+. The monoisotopic (exact) mass is 1630 g/mol. The molecule has 12 nitrogen and oxygen atoms in total. The number of fused-ring (bicyclic) bond motifs is 18. The van der Waals surface area contributed by atoms with Crippen LogP contribution in [0.25, 0.3) is 199 Å². The van der Waals surface area contributed by atoms with Crippen molar-refractivity contribution in [2.24, 2.45) is 4.99 Å². The third kappa shape index (κ3) is 12.5. The third-order valence-electron chi connectivity index (χ3n) is 26.0. The number of benzene rings is 17. The van der Waals surface area contributed by atoms with Crippen molar-refractivity contribution in [3.63, 3.8) is 0 Å². The summed E-state index contributed by atoms with van der Waals surface area (Å²) in [6.45, 7) is 3.64. The average Bonchev–Trinajstić information content (AvgIpc) is 1.57. The van der Waals surface area contributed by atoms with E-state index in [4.69, 9.17) is 19.9 Å². The van der Waals surface area contributed by atoms with E-state index in [9.17, 15) is 5.41 Å². The molecule has 7 heterocycles. The fourth-order valence-electron chi connectivity index (χ4n) is 20.3. The molecule has 0 fully saturated rings. The third-order valence-corrected chi connectivity index (χ3v) is 26.0. The van der Waals surface area contributed by atoms with Crippen molar-refractivity contribution in [1.29, 1.82) is 5.41 Å². The molecule has 0 aliphatic carbocycles. The molecule has 0 aliphatic heterocycles. The smallest absolute Gasteiger partial charge is 0.166 e. The van der Waals surface area contributed by atoms with E-state index >= 15 is 0 Å². The van der Waals surface area contributed by atoms with Gasteiger partial charge >= 0.3 is 0 Å². The van der Waals surface area contributed by atoms with Crippen molar-refractivity contribution in [2.45, 2.75) is 31.8 Å². The SMILES string of the molecule is CC(/C=C(\CCn1c2ccccc2c2ccccc21)n1c2ccccc2c2cc(-c3ccc4c(c3)c3ccccc3n4-c3cc(-n4c5ccccc5c5ccccc54)c(-n4c5ccccc5c5ccccc54)cc3-c3nc(-c4ccccc4)nc(-c4ccccc4)n3)ccc21)(CCNC(=NC(=N)c1ccccc1)c1ccccc1)n1c2ccccc2c2ccccc21. The number of hydrogen-bond acceptors (Lipinski definition) is 4. The molecule has 24 aromatic rings. The van der Waals surface area contributed by atoms with Gasteiger partial charge in [-0.2, -0.15) is 0 Å². The molecule has 127 heavy (non-hydrogen) atoms. The maximum absolute atomic E-state index is 9.37. The molecule has 7 aromatic heterocycles. The van der Waals surface area contributed by atoms with Gasteiger partial charge < -0.3 is 32.7 Å². The summed E-state index contributed by atoms with van der Waals surface area (Å²) in [5, 5.41) is 27.3. The first-order chi connectivity index (χ1) is 62.8. The largest absolute Gasteiger partial charge is 0.369 e. The number of allylic oxidation sites excluding steroid dienone is 2. The van der Waals surface area contributed by atoms with Crippen LogP contribution in [0.3, 0.4) is 0 Å². The molecule has 0 bridgehead atoms. The minimum Gasteiger partial charge on any atom is -0.369 e. The number of para-hydroxylation sites is 10. The van der Waals surface area contributed by atoms with E-state index in [-0.39, 0.29) is 5.84 Å². The molecule has 1 atom stereocenters. The number of aliphatic imine (C=N–C) groups is 1. The average molecular weight is 1630 g/mol. The van der Waals surface area contributed by atoms with Gasteiger partial charge in [-0.3, -0.25) is 5.41 Å². The number of aromatic nitrogens is 9. The Morgan fingerprint density at radius 3 is 1.12 bits per heavy atom. The van der Waals surface area contributed by atoms with Crippen LogP contribution < -0.4 is 5.32 Å². The first-order valence-electron chi connectivity index (χ1n) is 43.6. The van der Waals surface area contributed by atoms with E-state index < -0.39 is 5.54 Å². The van der Waals surface area contributed by atoms with Crippen LogP contribution in [0.2, 0.25) is 0 Å². The Balaban J connectivity index is 0.717. The lowest BCUT2D eigenvalue weighted by Crippen LogP contribution is -2.35. The Labute approximate surface area is 732 Å². The van der Waals surface area contributed by atoms with E-state index in [1.807, 2.05) is 84.9 Å². The minimum absolute atomic E-state index is 0.190. The quantitative estimate of drug-likeness (QED) is 0.0657. The van der Waals surface area contributed by atoms with Gasteiger partial charge in [-0.05, 0) is 128 Å². The van der Waals surface area contributed by atoms with Crippen LogP contribution in [0.4, 0.5) is 0 Å². The second kappa shape index (κ2) is 30.5. The first kappa shape index (κ1) is 74.3. The molecule has 24 rings (SSSR count). The highest BCUT2D eigenvalue weighted by atomic mass is 15.1. The Kier molecular flexibility index (Phi) is 17.8. The van der Waals surface area contributed by atoms with Gasteiger partial charge in [0.05, 0.1) is 66.7 Å². The maximum Gasteiger partial charge on any atom is 0.166 e. The predicted molar refractivity (Wildman–Crippen MR) is 528 cm³/mol. The molecular weight excluding hydrogens is 1550 g/mol. The van der Waals surface area contributed by atoms with E-state index in [2.05, 4.69) is 373 Å². The molecule has 0 saturated carbocycles. The summed E-state index contributed by atoms with van der Waals surface area (Å²) in [4.78, 5) is 21.7. The van der Waals surface area contributed by atoms with Gasteiger partial charge in [0.15, 0.2) is 23.3 Å². The van der Waals surface area contributed by atoms with E-state index in [0.717, 1.165) is 160 Å². The highest BCUT2D eigenvalue weighted by Crippen LogP contribution is 2.48. The molecule has 2 N–H and O–H groups in total. The zero-order chi connectivity index (χ0) is 84.2. The Morgan fingerprint density at radius 2 is 0.646 bits per heavy atom. The highest BCUT2D eigenvalue weighted by Gasteiger charge is 2.33. The number of aryl methyl sites for hydroxylation is 1. The van der Waals surface area contributed by atoms with Crippen molar-refractivity contribution < 1.29 is 0 Å². The molecular formula is C115H82N12. The lowest BCUT2D eigenvalue weighted by molar-refractivity contribution is 0.400. The van der Waals surface area contributed by atoms with Crippen LogP contribution in [0.1, 0.15) is 30.9 Å². The molecule has 17 aromatic carbocycles. The summed E-state index contributed by atoms with van der Waals surface area (Å²) < 4.78 is 15.1. The zero-order valence-electron chi connectivity index (χ0n) is 69.6. The van der Waals surface area contributed by atoms with Gasteiger partial charge in [0.25, 0.3) is 0 Å². The van der Waals surface area contributed by atoms with E-state index in [1.54, 1.807) is 0 Å². The minimum atomic E-state index is -0.712. The normalized spacial score (nSPS) is 12.8. The van der Waals surface area contributed by atoms with Crippen LogP contribution in [-0.4, -0.2) is 60.6 Å². The van der Waals surface area contributed by atoms with Gasteiger partial charge in [0, 0.05) is 140 Å². The summed E-state index contributed by atoms with van der Waals surface area (Å²) in [6, 6.07) is 148. The second-order valence-electron chi connectivity index (χ2n) is 33.3. The van der Waals surface area contributed by atoms with Gasteiger partial charge in [0.2, 0.25) is 0 Å². The van der Waals surface area contributed by atoms with Crippen LogP contribution in [0, 0.1) is 5.41 Å². The first-order valence-corrected chi connectivity index (χ1v) is 43.6. The topological polar surface area (TPSA) is 116 Å². The summed E-state index contributed by atoms with van der Waals surface area (Å²) in [6.07, 6.45) is 3.90. The van der Waals surface area contributed by atoms with Crippen molar-refractivity contribution in [1.82, 2.24) is 47.7 Å². The number of nitrogens with zero attached hydrogens (tertiary/aromatic N) is 10. The summed E-state index contributed by atoms with van der Waals surface area (Å²) in [7, 11) is 0.